The maximum atomic E-state index is 13.5. The number of amides is 3. The number of carbonyl (C=O) groups excluding carboxylic acids is 3. The number of hydrogen-bond donors (Lipinski definition) is 5. The number of pyridine rings is 3. The predicted octanol–water partition coefficient (Wildman–Crippen LogP) is 16.2. The van der Waals surface area contributed by atoms with Crippen LogP contribution in [0.3, 0.4) is 0 Å². The Morgan fingerprint density at radius 2 is 0.871 bits per heavy atom. The molecule has 13 fully saturated rings. The molecule has 10 aromatic heterocycles. The normalized spacial score (nSPS) is 23.6. The van der Waals surface area contributed by atoms with E-state index in [4.69, 9.17) is 47.5 Å². The quantitative estimate of drug-likeness (QED) is 0.0234. The number of sulfonamides is 4. The van der Waals surface area contributed by atoms with Crippen LogP contribution in [0.5, 0.6) is 17.6 Å². The summed E-state index contributed by atoms with van der Waals surface area (Å²) in [6, 6.07) is 20.3. The molecule has 6 spiro atoms. The van der Waals surface area contributed by atoms with Crippen molar-refractivity contribution < 1.29 is 62.3 Å². The Balaban J connectivity index is 0.000000119. The Morgan fingerprint density at radius 3 is 1.26 bits per heavy atom. The molecule has 11 aliphatic carbocycles. The number of nitrogens with zero attached hydrogens (tertiary/aromatic N) is 18. The number of aryl methyl sites for hydroxylation is 4. The molecule has 14 aliphatic rings. The van der Waals surface area contributed by atoms with Crippen LogP contribution in [-0.2, 0) is 66.3 Å². The van der Waals surface area contributed by atoms with Gasteiger partial charge in [-0.05, 0) is 379 Å². The summed E-state index contributed by atoms with van der Waals surface area (Å²) in [5.41, 5.74) is 4.86. The summed E-state index contributed by atoms with van der Waals surface area (Å²) in [6.07, 6.45) is 49.5. The van der Waals surface area contributed by atoms with Gasteiger partial charge in [0.25, 0.3) is 57.8 Å². The number of rotatable bonds is 34. The van der Waals surface area contributed by atoms with Gasteiger partial charge < -0.3 is 24.4 Å². The zero-order chi connectivity index (χ0) is 103. The van der Waals surface area contributed by atoms with Crippen molar-refractivity contribution >= 4 is 86.8 Å². The first-order valence-electron chi connectivity index (χ1n) is 52.7. The SMILES string of the molecule is CC1(C)CC(CCCn2ccc(S(=O)(=O)NC(=O)c3ccc(-n4ccc(OCCC5C6(CC6)C56CC6)n4)nc3Cl)n2)CN1.CC1(C)CC2CCCn3ccc(n3)S(=O)(=O)NC(=O)c3ccc(-n4ccc(OCCC5C6(CC6)C56CC6)n4)nc3N1C2.CC1(C)CCC(CCCn2ccc(S(=O)(=O)NC(=O)c3ccc(-n4ccc(OCCC5C6(CC6)C56CC6)n4)nc3Cl)n2)C1.CC1(C)CCC(CCCn2ccc(S(N)(=O)=O)n2)C1. The Kier molecular flexibility index (Phi) is 27.0. The Bertz CT molecular complexity index is 6840. The van der Waals surface area contributed by atoms with Gasteiger partial charge in [-0.15, -0.1) is 15.3 Å². The van der Waals surface area contributed by atoms with Crippen LogP contribution in [0, 0.1) is 84.7 Å². The van der Waals surface area contributed by atoms with Gasteiger partial charge in [0.1, 0.15) is 16.1 Å². The third-order valence-corrected chi connectivity index (χ3v) is 40.4. The van der Waals surface area contributed by atoms with Gasteiger partial charge in [0.05, 0.1) is 36.5 Å². The van der Waals surface area contributed by atoms with Crippen molar-refractivity contribution in [1.82, 2.24) is 103 Å². The summed E-state index contributed by atoms with van der Waals surface area (Å²) >= 11 is 12.6. The van der Waals surface area contributed by atoms with Gasteiger partial charge in [-0.25, -0.2) is 56.7 Å². The summed E-state index contributed by atoms with van der Waals surface area (Å²) in [5, 5.41) is 37.7. The molecule has 3 aliphatic heterocycles. The lowest BCUT2D eigenvalue weighted by molar-refractivity contribution is 0.0972. The Labute approximate surface area is 869 Å². The number of nitrogens with one attached hydrogen (secondary N) is 4. The van der Waals surface area contributed by atoms with Gasteiger partial charge in [-0.1, -0.05) is 50.9 Å². The topological polar surface area (TPSA) is 456 Å². The van der Waals surface area contributed by atoms with Crippen molar-refractivity contribution in [3.8, 4) is 35.1 Å². The van der Waals surface area contributed by atoms with Crippen molar-refractivity contribution in [3.05, 3.63) is 149 Å². The third-order valence-electron chi connectivity index (χ3n) is 35.4. The number of nitrogens with two attached hydrogens (primary N) is 1. The number of anilines is 1. The zero-order valence-corrected chi connectivity index (χ0v) is 89.9. The van der Waals surface area contributed by atoms with Crippen molar-refractivity contribution in [2.75, 3.05) is 37.8 Å². The smallest absolute Gasteiger partial charge is 0.283 e. The minimum Gasteiger partial charge on any atom is -0.477 e. The molecule has 0 radical (unpaired) electrons. The van der Waals surface area contributed by atoms with Crippen molar-refractivity contribution in [3.63, 3.8) is 0 Å². The molecule has 6 N–H and O–H groups in total. The second-order valence-electron chi connectivity index (χ2n) is 47.3. The van der Waals surface area contributed by atoms with Crippen LogP contribution in [0.1, 0.15) is 286 Å². The van der Waals surface area contributed by atoms with Gasteiger partial charge >= 0.3 is 0 Å². The molecule has 24 rings (SSSR count). The molecule has 0 aromatic carbocycles. The summed E-state index contributed by atoms with van der Waals surface area (Å²) in [7, 11) is -16.2. The van der Waals surface area contributed by atoms with Gasteiger partial charge in [-0.3, -0.25) is 33.1 Å². The van der Waals surface area contributed by atoms with Crippen LogP contribution < -0.4 is 43.7 Å². The summed E-state index contributed by atoms with van der Waals surface area (Å²) < 4.78 is 135. The first kappa shape index (κ1) is 103. The molecule has 11 saturated carbocycles. The minimum atomic E-state index is -4.20. The number of carbonyl (C=O) groups is 3. The number of fused-ring (bicyclic) bond motifs is 9. The molecule has 37 nitrogen and oxygen atoms in total. The maximum Gasteiger partial charge on any atom is 0.283 e. The van der Waals surface area contributed by atoms with Crippen molar-refractivity contribution in [1.29, 1.82) is 0 Å². The Morgan fingerprint density at radius 1 is 0.463 bits per heavy atom. The molecule has 2 saturated heterocycles. The van der Waals surface area contributed by atoms with Gasteiger partial charge in [0.15, 0.2) is 37.6 Å². The highest BCUT2D eigenvalue weighted by molar-refractivity contribution is 7.90. The van der Waals surface area contributed by atoms with Crippen molar-refractivity contribution in [2.45, 2.75) is 312 Å². The van der Waals surface area contributed by atoms with Crippen LogP contribution in [0.2, 0.25) is 10.3 Å². The summed E-state index contributed by atoms with van der Waals surface area (Å²) in [6.45, 7) is 24.3. The predicted molar refractivity (Wildman–Crippen MR) is 548 cm³/mol. The lowest BCUT2D eigenvalue weighted by atomic mass is 9.89. The van der Waals surface area contributed by atoms with Gasteiger partial charge in [0.2, 0.25) is 17.6 Å². The third kappa shape index (κ3) is 21.6. The number of hydrogen-bond acceptors (Lipinski definition) is 26. The average Bonchev–Trinajstić information content (AvgIpc) is 1.45. The largest absolute Gasteiger partial charge is 0.477 e. The van der Waals surface area contributed by atoms with Crippen LogP contribution in [0.25, 0.3) is 17.5 Å². The van der Waals surface area contributed by atoms with Crippen molar-refractivity contribution in [2.24, 2.45) is 89.9 Å². The van der Waals surface area contributed by atoms with E-state index in [2.05, 4.69) is 125 Å². The van der Waals surface area contributed by atoms with E-state index in [1.807, 2.05) is 12.3 Å². The number of ether oxygens (including phenoxy) is 3. The molecule has 790 valence electrons. The van der Waals surface area contributed by atoms with E-state index in [0.29, 0.717) is 141 Å². The van der Waals surface area contributed by atoms with Crippen LogP contribution in [0.4, 0.5) is 5.82 Å². The fourth-order valence-corrected chi connectivity index (χ4v) is 30.9. The summed E-state index contributed by atoms with van der Waals surface area (Å²) in [4.78, 5) is 54.8. The molecular weight excluding hydrogens is 1990 g/mol. The lowest BCUT2D eigenvalue weighted by Crippen LogP contribution is -2.41. The molecule has 4 unspecified atom stereocenters. The van der Waals surface area contributed by atoms with E-state index in [1.54, 1.807) is 97.0 Å². The van der Waals surface area contributed by atoms with E-state index >= 15 is 0 Å². The van der Waals surface area contributed by atoms with Gasteiger partial charge in [-0.2, -0.15) is 45.6 Å². The fraction of sp³-hybridized carbons (Fsp3) is 0.625. The lowest BCUT2D eigenvalue weighted by Gasteiger charge is -2.34. The van der Waals surface area contributed by atoms with E-state index in [-0.39, 0.29) is 58.2 Å². The average molecular weight is 2130 g/mol. The molecule has 4 atom stereocenters. The fourth-order valence-electron chi connectivity index (χ4n) is 27.2. The van der Waals surface area contributed by atoms with E-state index in [0.717, 1.165) is 120 Å². The Hall–Kier alpha value is -10.2. The number of aromatic nitrogens is 17. The molecule has 3 amide bonds. The minimum absolute atomic E-state index is 0.0468. The first-order valence-corrected chi connectivity index (χ1v) is 59.4. The second-order valence-corrected chi connectivity index (χ2v) is 54.4. The van der Waals surface area contributed by atoms with Gasteiger partial charge in [0, 0.05) is 105 Å². The van der Waals surface area contributed by atoms with E-state index in [1.165, 1.54) is 168 Å². The van der Waals surface area contributed by atoms with Crippen LogP contribution >= 0.6 is 23.2 Å². The highest BCUT2D eigenvalue weighted by atomic mass is 35.5. The maximum absolute atomic E-state index is 13.5. The molecule has 13 heterocycles. The summed E-state index contributed by atoms with van der Waals surface area (Å²) in [5.74, 6) is 5.80. The molecule has 43 heteroatoms. The molecule has 147 heavy (non-hydrogen) atoms. The highest BCUT2D eigenvalue weighted by Crippen LogP contribution is 2.95. The molecule has 4 bridgehead atoms. The van der Waals surface area contributed by atoms with Crippen LogP contribution in [0.15, 0.2) is 142 Å². The second kappa shape index (κ2) is 38.6. The number of primary sulfonamides is 1. The van der Waals surface area contributed by atoms with E-state index in [9.17, 15) is 48.1 Å². The molecule has 10 aromatic rings. The molecular formula is C104H137Cl2N23O14S4. The van der Waals surface area contributed by atoms with Crippen LogP contribution in [-0.4, -0.2) is 179 Å². The first-order chi connectivity index (χ1) is 69.9. The highest BCUT2D eigenvalue weighted by Gasteiger charge is 2.87. The standard InChI is InChI=1S/C31H39ClN6O4S.C30H38ClN7O4S.C30H37N7O4S.C13H23N3O2S/c1-29(2)11-7-21(20-29)4-3-16-37-17-9-26(35-37)43(40,41)36-28(39)22-5-6-24(33-27(22)32)38-18-8-25(34-38)42-19-10-23-30(12-13-30)31(23)14-15-31;1-28(2)18-20(19-32-28)4-3-14-37-15-8-25(35-37)43(40,41)36-27(39)21-5-6-23(33-26(21)31)38-16-7-24(34-38)42-17-9-22-29(10-11-29)30(22)12-13-30;1-28(2)18-20-4-3-14-35-15-8-25(33-35)42(39,40)34-27(38)21-5-6-23(31-26(21)36(28)19-20)37-16-7-24(32-37)41-17-9-22-29(10-11-29)30(22)12-13-30;1-13(2)7-5-11(10-13)4-3-8-16-9-6-12(15-16)19(14,17)18/h5-6,8-9,17-18,21,23H,3-4,7,10-16,19-20H2,1-2H3,(H,36,39);5-8,15-16,20,22,32H,3-4,9-14,17-19H2,1-2H3,(H,36,39);5-8,15-16,20,22H,3-4,9-14,17-19H2,1-2H3,(H,34,38);6,9,11H,3-5,7-8,10H2,1-2H3,(H2,14,17,18). The monoisotopic (exact) mass is 2130 g/mol. The van der Waals surface area contributed by atoms with E-state index < -0.39 is 57.8 Å². The zero-order valence-electron chi connectivity index (χ0n) is 85.1. The number of halogens is 2.